The molecule has 0 aliphatic rings. The third kappa shape index (κ3) is 3.67. The Kier molecular flexibility index (Phi) is 5.41. The van der Waals surface area contributed by atoms with Gasteiger partial charge in [0.05, 0.1) is 6.61 Å². The van der Waals surface area contributed by atoms with E-state index in [-0.39, 0.29) is 0 Å². The van der Waals surface area contributed by atoms with E-state index in [2.05, 4.69) is 38.1 Å². The summed E-state index contributed by atoms with van der Waals surface area (Å²) in [5.41, 5.74) is 2.73. The molecule has 1 nitrogen and oxygen atoms in total. The topological polar surface area (TPSA) is 9.23 Å². The van der Waals surface area contributed by atoms with Crippen molar-refractivity contribution in [3.63, 3.8) is 0 Å². The van der Waals surface area contributed by atoms with E-state index in [9.17, 15) is 0 Å². The molecule has 1 aromatic rings. The number of hydrogen-bond donors (Lipinski definition) is 0. The molecule has 0 aromatic heterocycles. The predicted octanol–water partition coefficient (Wildman–Crippen LogP) is 4.13. The van der Waals surface area contributed by atoms with Crippen LogP contribution in [0.15, 0.2) is 24.3 Å². The van der Waals surface area contributed by atoms with E-state index in [4.69, 9.17) is 4.74 Å². The van der Waals surface area contributed by atoms with Crippen LogP contribution in [-0.4, -0.2) is 7.11 Å². The zero-order chi connectivity index (χ0) is 11.1. The van der Waals surface area contributed by atoms with Crippen LogP contribution in [0.2, 0.25) is 0 Å². The lowest BCUT2D eigenvalue weighted by molar-refractivity contribution is 0.185. The van der Waals surface area contributed by atoms with E-state index in [0.29, 0.717) is 6.61 Å². The summed E-state index contributed by atoms with van der Waals surface area (Å²) in [7, 11) is 1.74. The van der Waals surface area contributed by atoms with Crippen molar-refractivity contribution in [1.82, 2.24) is 0 Å². The minimum absolute atomic E-state index is 0.713. The molecule has 84 valence electrons. The highest BCUT2D eigenvalue weighted by molar-refractivity contribution is 5.25. The van der Waals surface area contributed by atoms with Crippen molar-refractivity contribution >= 4 is 0 Å². The molecule has 0 aliphatic heterocycles. The first kappa shape index (κ1) is 12.3. The molecule has 0 saturated heterocycles. The molecule has 1 rings (SSSR count). The quantitative estimate of drug-likeness (QED) is 0.680. The minimum atomic E-state index is 0.713. The van der Waals surface area contributed by atoms with Gasteiger partial charge in [-0.3, -0.25) is 0 Å². The molecule has 0 heterocycles. The van der Waals surface area contributed by atoms with Gasteiger partial charge in [-0.2, -0.15) is 0 Å². The first-order valence-corrected chi connectivity index (χ1v) is 5.89. The van der Waals surface area contributed by atoms with Crippen LogP contribution in [0.25, 0.3) is 0 Å². The molecule has 1 aromatic carbocycles. The van der Waals surface area contributed by atoms with Crippen LogP contribution < -0.4 is 0 Å². The molecular formula is C14H22O. The summed E-state index contributed by atoms with van der Waals surface area (Å²) < 4.78 is 5.10. The molecule has 1 heteroatoms. The second kappa shape index (κ2) is 6.62. The van der Waals surface area contributed by atoms with Gasteiger partial charge >= 0.3 is 0 Å². The van der Waals surface area contributed by atoms with Crippen LogP contribution in [0.4, 0.5) is 0 Å². The average Bonchev–Trinajstić information content (AvgIpc) is 2.28. The van der Waals surface area contributed by atoms with Crippen LogP contribution in [0.5, 0.6) is 0 Å². The highest BCUT2D eigenvalue weighted by Gasteiger charge is 2.07. The largest absolute Gasteiger partial charge is 0.380 e. The Morgan fingerprint density at radius 2 is 1.80 bits per heavy atom. The summed E-state index contributed by atoms with van der Waals surface area (Å²) in [6.07, 6.45) is 3.79. The summed E-state index contributed by atoms with van der Waals surface area (Å²) in [6, 6.07) is 8.85. The molecular weight excluding hydrogens is 184 g/mol. The predicted molar refractivity (Wildman–Crippen MR) is 65.1 cm³/mol. The second-order valence-electron chi connectivity index (χ2n) is 4.07. The summed E-state index contributed by atoms with van der Waals surface area (Å²) in [5, 5.41) is 0. The molecule has 0 saturated carbocycles. The third-order valence-electron chi connectivity index (χ3n) is 2.89. The SMILES string of the molecule is CCCC(CC)c1ccc(COC)cc1. The van der Waals surface area contributed by atoms with E-state index < -0.39 is 0 Å². The smallest absolute Gasteiger partial charge is 0.0713 e. The van der Waals surface area contributed by atoms with Crippen molar-refractivity contribution in [2.45, 2.75) is 45.6 Å². The molecule has 1 atom stereocenters. The van der Waals surface area contributed by atoms with Gasteiger partial charge in [-0.15, -0.1) is 0 Å². The Labute approximate surface area is 93.5 Å². The van der Waals surface area contributed by atoms with E-state index in [1.54, 1.807) is 7.11 Å². The summed E-state index contributed by atoms with van der Waals surface area (Å²) in [4.78, 5) is 0. The maximum Gasteiger partial charge on any atom is 0.0713 e. The van der Waals surface area contributed by atoms with Crippen molar-refractivity contribution in [1.29, 1.82) is 0 Å². The zero-order valence-electron chi connectivity index (χ0n) is 10.1. The Balaban J connectivity index is 2.68. The molecule has 0 radical (unpaired) electrons. The van der Waals surface area contributed by atoms with Gasteiger partial charge in [-0.25, -0.2) is 0 Å². The molecule has 0 fully saturated rings. The number of ether oxygens (including phenoxy) is 1. The molecule has 0 N–H and O–H groups in total. The maximum atomic E-state index is 5.10. The van der Waals surface area contributed by atoms with Gasteiger partial charge in [0.15, 0.2) is 0 Å². The molecule has 0 spiro atoms. The number of benzene rings is 1. The highest BCUT2D eigenvalue weighted by atomic mass is 16.5. The van der Waals surface area contributed by atoms with Crippen molar-refractivity contribution in [2.75, 3.05) is 7.11 Å². The lowest BCUT2D eigenvalue weighted by Crippen LogP contribution is -1.97. The van der Waals surface area contributed by atoms with Gasteiger partial charge in [-0.05, 0) is 29.9 Å². The van der Waals surface area contributed by atoms with Crippen LogP contribution in [0.1, 0.15) is 50.2 Å². The van der Waals surface area contributed by atoms with Gasteiger partial charge in [0.1, 0.15) is 0 Å². The first-order valence-electron chi connectivity index (χ1n) is 5.89. The fraction of sp³-hybridized carbons (Fsp3) is 0.571. The van der Waals surface area contributed by atoms with E-state index in [1.165, 1.54) is 30.4 Å². The van der Waals surface area contributed by atoms with Gasteiger partial charge in [-0.1, -0.05) is 44.5 Å². The van der Waals surface area contributed by atoms with Crippen molar-refractivity contribution in [2.24, 2.45) is 0 Å². The van der Waals surface area contributed by atoms with Gasteiger partial charge in [0.25, 0.3) is 0 Å². The Bertz CT molecular complexity index is 263. The van der Waals surface area contributed by atoms with Crippen LogP contribution in [0.3, 0.4) is 0 Å². The molecule has 0 aliphatic carbocycles. The van der Waals surface area contributed by atoms with Crippen molar-refractivity contribution in [3.8, 4) is 0 Å². The zero-order valence-corrected chi connectivity index (χ0v) is 10.1. The lowest BCUT2D eigenvalue weighted by Gasteiger charge is -2.14. The van der Waals surface area contributed by atoms with Crippen LogP contribution in [-0.2, 0) is 11.3 Å². The average molecular weight is 206 g/mol. The van der Waals surface area contributed by atoms with E-state index in [0.717, 1.165) is 5.92 Å². The third-order valence-corrected chi connectivity index (χ3v) is 2.89. The highest BCUT2D eigenvalue weighted by Crippen LogP contribution is 2.24. The van der Waals surface area contributed by atoms with Gasteiger partial charge < -0.3 is 4.74 Å². The number of hydrogen-bond acceptors (Lipinski definition) is 1. The normalized spacial score (nSPS) is 12.7. The van der Waals surface area contributed by atoms with E-state index >= 15 is 0 Å². The van der Waals surface area contributed by atoms with Gasteiger partial charge in [0, 0.05) is 7.11 Å². The standard InChI is InChI=1S/C14H22O/c1-4-6-13(5-2)14-9-7-12(8-10-14)11-15-3/h7-10,13H,4-6,11H2,1-3H3. The lowest BCUT2D eigenvalue weighted by atomic mass is 9.92. The van der Waals surface area contributed by atoms with Crippen LogP contribution in [0, 0.1) is 0 Å². The van der Waals surface area contributed by atoms with Crippen molar-refractivity contribution < 1.29 is 4.74 Å². The minimum Gasteiger partial charge on any atom is -0.380 e. The second-order valence-corrected chi connectivity index (χ2v) is 4.07. The Morgan fingerprint density at radius 1 is 1.13 bits per heavy atom. The number of methoxy groups -OCH3 is 1. The maximum absolute atomic E-state index is 5.10. The van der Waals surface area contributed by atoms with Gasteiger partial charge in [0.2, 0.25) is 0 Å². The Hall–Kier alpha value is -0.820. The fourth-order valence-electron chi connectivity index (χ4n) is 2.01. The summed E-state index contributed by atoms with van der Waals surface area (Å²) in [5.74, 6) is 0.728. The molecule has 1 unspecified atom stereocenters. The number of rotatable bonds is 6. The molecule has 15 heavy (non-hydrogen) atoms. The van der Waals surface area contributed by atoms with E-state index in [1.807, 2.05) is 0 Å². The fourth-order valence-corrected chi connectivity index (χ4v) is 2.01. The molecule has 0 bridgehead atoms. The van der Waals surface area contributed by atoms with Crippen molar-refractivity contribution in [3.05, 3.63) is 35.4 Å². The monoisotopic (exact) mass is 206 g/mol. The Morgan fingerprint density at radius 3 is 2.27 bits per heavy atom. The molecule has 0 amide bonds. The summed E-state index contributed by atoms with van der Waals surface area (Å²) in [6.45, 7) is 5.23. The van der Waals surface area contributed by atoms with Crippen LogP contribution >= 0.6 is 0 Å². The first-order chi connectivity index (χ1) is 7.31. The summed E-state index contributed by atoms with van der Waals surface area (Å²) >= 11 is 0.